The summed E-state index contributed by atoms with van der Waals surface area (Å²) in [6.45, 7) is 11.2. The summed E-state index contributed by atoms with van der Waals surface area (Å²) >= 11 is 0. The highest BCUT2D eigenvalue weighted by atomic mass is 14.5. The highest BCUT2D eigenvalue weighted by molar-refractivity contribution is 5.16. The van der Waals surface area contributed by atoms with Gasteiger partial charge in [0.05, 0.1) is 0 Å². The Kier molecular flexibility index (Phi) is 2.79. The lowest BCUT2D eigenvalue weighted by molar-refractivity contribution is 0.0981. The van der Waals surface area contributed by atoms with E-state index in [0.29, 0.717) is 5.41 Å². The van der Waals surface area contributed by atoms with Crippen molar-refractivity contribution in [3.8, 4) is 0 Å². The molecule has 84 valence electrons. The number of hydrogen-bond donors (Lipinski definition) is 0. The van der Waals surface area contributed by atoms with E-state index in [-0.39, 0.29) is 0 Å². The fourth-order valence-electron chi connectivity index (χ4n) is 3.62. The average Bonchev–Trinajstić information content (AvgIpc) is 2.17. The van der Waals surface area contributed by atoms with Crippen molar-refractivity contribution in [1.29, 1.82) is 0 Å². The Hall–Kier alpha value is -0.520. The Labute approximate surface area is 94.5 Å². The molecule has 2 rings (SSSR count). The molecule has 0 unspecified atom stereocenters. The molecule has 0 N–H and O–H groups in total. The Morgan fingerprint density at radius 2 is 2.20 bits per heavy atom. The summed E-state index contributed by atoms with van der Waals surface area (Å²) < 4.78 is 0. The van der Waals surface area contributed by atoms with Gasteiger partial charge in [-0.3, -0.25) is 0 Å². The summed E-state index contributed by atoms with van der Waals surface area (Å²) in [5.74, 6) is 1.62. The summed E-state index contributed by atoms with van der Waals surface area (Å²) in [4.78, 5) is 0. The van der Waals surface area contributed by atoms with Gasteiger partial charge in [0.1, 0.15) is 0 Å². The number of hydrogen-bond acceptors (Lipinski definition) is 0. The molecule has 3 atom stereocenters. The second-order valence-corrected chi connectivity index (χ2v) is 6.01. The van der Waals surface area contributed by atoms with E-state index in [9.17, 15) is 0 Å². The van der Waals surface area contributed by atoms with Gasteiger partial charge in [-0.05, 0) is 63.2 Å². The van der Waals surface area contributed by atoms with Gasteiger partial charge in [0.2, 0.25) is 0 Å². The molecule has 2 aliphatic rings. The van der Waals surface area contributed by atoms with Crippen molar-refractivity contribution in [3.05, 3.63) is 23.8 Å². The molecule has 0 amide bonds. The molecule has 15 heavy (non-hydrogen) atoms. The van der Waals surface area contributed by atoms with Crippen LogP contribution in [0.15, 0.2) is 23.8 Å². The SMILES string of the molecule is C=C(C)[C@H]1CC[C@]2(C)CCC=C(C)[C@H]2C1. The third kappa shape index (κ3) is 1.91. The van der Waals surface area contributed by atoms with Crippen molar-refractivity contribution < 1.29 is 0 Å². The number of rotatable bonds is 1. The normalized spacial score (nSPS) is 40.6. The predicted molar refractivity (Wildman–Crippen MR) is 66.7 cm³/mol. The van der Waals surface area contributed by atoms with Gasteiger partial charge >= 0.3 is 0 Å². The predicted octanol–water partition coefficient (Wildman–Crippen LogP) is 4.73. The highest BCUT2D eigenvalue weighted by Crippen LogP contribution is 2.52. The molecule has 0 heterocycles. The minimum Gasteiger partial charge on any atom is -0.0999 e. The van der Waals surface area contributed by atoms with Gasteiger partial charge < -0.3 is 0 Å². The molecule has 0 spiro atoms. The van der Waals surface area contributed by atoms with Crippen molar-refractivity contribution in [2.75, 3.05) is 0 Å². The van der Waals surface area contributed by atoms with Gasteiger partial charge in [-0.15, -0.1) is 0 Å². The zero-order valence-electron chi connectivity index (χ0n) is 10.5. The van der Waals surface area contributed by atoms with Gasteiger partial charge in [0, 0.05) is 0 Å². The number of fused-ring (bicyclic) bond motifs is 1. The van der Waals surface area contributed by atoms with Crippen LogP contribution in [-0.4, -0.2) is 0 Å². The Morgan fingerprint density at radius 1 is 1.47 bits per heavy atom. The summed E-state index contributed by atoms with van der Waals surface area (Å²) in [7, 11) is 0. The topological polar surface area (TPSA) is 0 Å². The lowest BCUT2D eigenvalue weighted by Gasteiger charge is -2.47. The molecule has 0 aromatic heterocycles. The molecule has 0 nitrogen and oxygen atoms in total. The van der Waals surface area contributed by atoms with Gasteiger partial charge in [0.25, 0.3) is 0 Å². The third-order valence-electron chi connectivity index (χ3n) is 4.85. The van der Waals surface area contributed by atoms with Crippen LogP contribution >= 0.6 is 0 Å². The first-order valence-electron chi connectivity index (χ1n) is 6.35. The summed E-state index contributed by atoms with van der Waals surface area (Å²) in [5, 5.41) is 0. The Bertz CT molecular complexity index is 297. The first kappa shape index (κ1) is 11.0. The second-order valence-electron chi connectivity index (χ2n) is 6.01. The zero-order valence-corrected chi connectivity index (χ0v) is 10.5. The van der Waals surface area contributed by atoms with Crippen molar-refractivity contribution in [2.45, 2.75) is 52.9 Å². The van der Waals surface area contributed by atoms with Crippen LogP contribution in [0, 0.1) is 17.3 Å². The first-order chi connectivity index (χ1) is 7.03. The zero-order chi connectivity index (χ0) is 11.1. The maximum absolute atomic E-state index is 4.14. The second kappa shape index (κ2) is 3.81. The summed E-state index contributed by atoms with van der Waals surface area (Å²) in [5.41, 5.74) is 3.65. The van der Waals surface area contributed by atoms with E-state index >= 15 is 0 Å². The van der Waals surface area contributed by atoms with E-state index in [1.165, 1.54) is 37.7 Å². The fourth-order valence-corrected chi connectivity index (χ4v) is 3.62. The number of allylic oxidation sites excluding steroid dienone is 3. The van der Waals surface area contributed by atoms with E-state index < -0.39 is 0 Å². The van der Waals surface area contributed by atoms with Crippen LogP contribution in [0.25, 0.3) is 0 Å². The van der Waals surface area contributed by atoms with Gasteiger partial charge in [-0.1, -0.05) is 30.7 Å². The van der Waals surface area contributed by atoms with Crippen LogP contribution < -0.4 is 0 Å². The molecule has 0 aliphatic heterocycles. The molecular formula is C15H24. The molecule has 0 aromatic carbocycles. The molecular weight excluding hydrogens is 180 g/mol. The smallest absolute Gasteiger partial charge is 0.0146 e. The van der Waals surface area contributed by atoms with E-state index in [1.54, 1.807) is 5.57 Å². The molecule has 1 saturated carbocycles. The minimum absolute atomic E-state index is 0.602. The third-order valence-corrected chi connectivity index (χ3v) is 4.85. The van der Waals surface area contributed by atoms with Crippen molar-refractivity contribution in [1.82, 2.24) is 0 Å². The van der Waals surface area contributed by atoms with Gasteiger partial charge in [0.15, 0.2) is 0 Å². The quantitative estimate of drug-likeness (QED) is 0.542. The summed E-state index contributed by atoms with van der Waals surface area (Å²) in [6.07, 6.45) is 9.30. The van der Waals surface area contributed by atoms with E-state index in [4.69, 9.17) is 0 Å². The van der Waals surface area contributed by atoms with Crippen LogP contribution in [0.5, 0.6) is 0 Å². The van der Waals surface area contributed by atoms with Crippen LogP contribution in [0.4, 0.5) is 0 Å². The van der Waals surface area contributed by atoms with Crippen LogP contribution in [-0.2, 0) is 0 Å². The van der Waals surface area contributed by atoms with Gasteiger partial charge in [-0.2, -0.15) is 0 Å². The Balaban J connectivity index is 2.19. The lowest BCUT2D eigenvalue weighted by Crippen LogP contribution is -2.37. The van der Waals surface area contributed by atoms with E-state index in [0.717, 1.165) is 11.8 Å². The largest absolute Gasteiger partial charge is 0.0999 e. The molecule has 0 aromatic rings. The van der Waals surface area contributed by atoms with E-state index in [2.05, 4.69) is 33.4 Å². The van der Waals surface area contributed by atoms with Crippen LogP contribution in [0.3, 0.4) is 0 Å². The molecule has 2 aliphatic carbocycles. The molecule has 0 bridgehead atoms. The molecule has 0 heteroatoms. The fraction of sp³-hybridized carbons (Fsp3) is 0.733. The van der Waals surface area contributed by atoms with Crippen LogP contribution in [0.2, 0.25) is 0 Å². The minimum atomic E-state index is 0.602. The van der Waals surface area contributed by atoms with E-state index in [1.807, 2.05) is 0 Å². The molecule has 1 fully saturated rings. The standard InChI is InChI=1S/C15H24/c1-11(2)13-7-9-15(4)8-5-6-12(3)14(15)10-13/h6,13-14H,1,5,7-10H2,2-4H3/t13-,14+,15-/m0/s1. The monoisotopic (exact) mass is 204 g/mol. The average molecular weight is 204 g/mol. The molecule has 0 radical (unpaired) electrons. The lowest BCUT2D eigenvalue weighted by atomic mass is 9.57. The first-order valence-corrected chi connectivity index (χ1v) is 6.35. The summed E-state index contributed by atoms with van der Waals surface area (Å²) in [6, 6.07) is 0. The van der Waals surface area contributed by atoms with Crippen molar-refractivity contribution in [2.24, 2.45) is 17.3 Å². The van der Waals surface area contributed by atoms with Gasteiger partial charge in [-0.25, -0.2) is 0 Å². The van der Waals surface area contributed by atoms with Crippen molar-refractivity contribution >= 4 is 0 Å². The van der Waals surface area contributed by atoms with Crippen LogP contribution in [0.1, 0.15) is 52.9 Å². The maximum atomic E-state index is 4.14. The Morgan fingerprint density at radius 3 is 2.87 bits per heavy atom. The maximum Gasteiger partial charge on any atom is -0.0146 e. The van der Waals surface area contributed by atoms with Crippen molar-refractivity contribution in [3.63, 3.8) is 0 Å². The highest BCUT2D eigenvalue weighted by Gasteiger charge is 2.41. The molecule has 0 saturated heterocycles.